The molecule has 0 spiro atoms. The molecule has 0 saturated heterocycles. The monoisotopic (exact) mass is 211 g/mol. The average Bonchev–Trinajstić information content (AvgIpc) is 2.99. The van der Waals surface area contributed by atoms with Gasteiger partial charge in [-0.3, -0.25) is 4.79 Å². The van der Waals surface area contributed by atoms with E-state index in [1.54, 1.807) is 0 Å². The molecule has 0 atom stereocenters. The molecule has 2 aliphatic rings. The number of rotatable bonds is 6. The van der Waals surface area contributed by atoms with E-state index in [4.69, 9.17) is 4.74 Å². The van der Waals surface area contributed by atoms with Gasteiger partial charge in [0.25, 0.3) is 0 Å². The molecule has 0 heterocycles. The molecule has 86 valence electrons. The van der Waals surface area contributed by atoms with Crippen molar-refractivity contribution in [2.24, 2.45) is 11.8 Å². The molecule has 0 aliphatic heterocycles. The van der Waals surface area contributed by atoms with Crippen molar-refractivity contribution in [2.75, 3.05) is 6.54 Å². The minimum atomic E-state index is -0.115. The number of esters is 1. The van der Waals surface area contributed by atoms with E-state index in [-0.39, 0.29) is 12.1 Å². The van der Waals surface area contributed by atoms with E-state index in [2.05, 4.69) is 5.32 Å². The van der Waals surface area contributed by atoms with E-state index in [0.717, 1.165) is 11.8 Å². The van der Waals surface area contributed by atoms with Gasteiger partial charge in [0.15, 0.2) is 0 Å². The standard InChI is InChI=1S/C12H21NO2/c1-8(2)15-11(14)7-13-12(9-3-4-9)10-5-6-10/h8-10,12-13H,3-7H2,1-2H3. The molecule has 0 bridgehead atoms. The van der Waals surface area contributed by atoms with Crippen LogP contribution < -0.4 is 5.32 Å². The van der Waals surface area contributed by atoms with Gasteiger partial charge < -0.3 is 10.1 Å². The zero-order chi connectivity index (χ0) is 10.8. The summed E-state index contributed by atoms with van der Waals surface area (Å²) in [5.41, 5.74) is 0. The van der Waals surface area contributed by atoms with Gasteiger partial charge in [-0.1, -0.05) is 0 Å². The van der Waals surface area contributed by atoms with E-state index in [9.17, 15) is 4.79 Å². The molecule has 0 aromatic carbocycles. The first-order valence-corrected chi connectivity index (χ1v) is 6.09. The number of ether oxygens (including phenoxy) is 1. The predicted molar refractivity (Wildman–Crippen MR) is 58.5 cm³/mol. The van der Waals surface area contributed by atoms with E-state index >= 15 is 0 Å². The fraction of sp³-hybridized carbons (Fsp3) is 0.917. The minimum absolute atomic E-state index is 0.000370. The lowest BCUT2D eigenvalue weighted by Crippen LogP contribution is -2.38. The maximum atomic E-state index is 11.4. The maximum absolute atomic E-state index is 11.4. The molecular formula is C12H21NO2. The van der Waals surface area contributed by atoms with Crippen molar-refractivity contribution >= 4 is 5.97 Å². The summed E-state index contributed by atoms with van der Waals surface area (Å²) < 4.78 is 5.10. The first kappa shape index (κ1) is 10.9. The van der Waals surface area contributed by atoms with Crippen LogP contribution in [0, 0.1) is 11.8 Å². The molecule has 1 N–H and O–H groups in total. The van der Waals surface area contributed by atoms with Gasteiger partial charge in [0.1, 0.15) is 0 Å². The Labute approximate surface area is 91.6 Å². The minimum Gasteiger partial charge on any atom is -0.462 e. The third kappa shape index (κ3) is 3.49. The highest BCUT2D eigenvalue weighted by Crippen LogP contribution is 2.44. The average molecular weight is 211 g/mol. The highest BCUT2D eigenvalue weighted by molar-refractivity contribution is 5.71. The fourth-order valence-electron chi connectivity index (χ4n) is 2.13. The summed E-state index contributed by atoms with van der Waals surface area (Å²) in [4.78, 5) is 11.4. The summed E-state index contributed by atoms with van der Waals surface area (Å²) in [7, 11) is 0. The van der Waals surface area contributed by atoms with E-state index in [1.807, 2.05) is 13.8 Å². The lowest BCUT2D eigenvalue weighted by Gasteiger charge is -2.17. The Hall–Kier alpha value is -0.570. The Bertz CT molecular complexity index is 220. The second-order valence-electron chi connectivity index (χ2n) is 5.12. The van der Waals surface area contributed by atoms with E-state index in [0.29, 0.717) is 12.6 Å². The van der Waals surface area contributed by atoms with E-state index < -0.39 is 0 Å². The maximum Gasteiger partial charge on any atom is 0.320 e. The lowest BCUT2D eigenvalue weighted by molar-refractivity contribution is -0.146. The second kappa shape index (κ2) is 4.52. The molecule has 2 rings (SSSR count). The highest BCUT2D eigenvalue weighted by Gasteiger charge is 2.41. The largest absolute Gasteiger partial charge is 0.462 e. The number of nitrogens with one attached hydrogen (secondary N) is 1. The van der Waals surface area contributed by atoms with Crippen LogP contribution in [0.3, 0.4) is 0 Å². The summed E-state index contributed by atoms with van der Waals surface area (Å²) in [5.74, 6) is 1.56. The smallest absolute Gasteiger partial charge is 0.320 e. The number of hydrogen-bond donors (Lipinski definition) is 1. The Morgan fingerprint density at radius 1 is 1.27 bits per heavy atom. The third-order valence-corrected chi connectivity index (χ3v) is 3.11. The number of carbonyl (C=O) groups is 1. The third-order valence-electron chi connectivity index (χ3n) is 3.11. The molecule has 3 nitrogen and oxygen atoms in total. The molecule has 3 heteroatoms. The molecule has 15 heavy (non-hydrogen) atoms. The van der Waals surface area contributed by atoms with Crippen molar-refractivity contribution in [3.05, 3.63) is 0 Å². The van der Waals surface area contributed by atoms with Crippen LogP contribution >= 0.6 is 0 Å². The molecule has 2 aliphatic carbocycles. The molecule has 0 amide bonds. The van der Waals surface area contributed by atoms with Crippen molar-refractivity contribution in [3.8, 4) is 0 Å². The van der Waals surface area contributed by atoms with Crippen LogP contribution in [0.5, 0.6) is 0 Å². The van der Waals surface area contributed by atoms with Gasteiger partial charge in [-0.25, -0.2) is 0 Å². The van der Waals surface area contributed by atoms with Crippen LogP contribution in [0.15, 0.2) is 0 Å². The first-order valence-electron chi connectivity index (χ1n) is 6.09. The Morgan fingerprint density at radius 2 is 1.80 bits per heavy atom. The van der Waals surface area contributed by atoms with Crippen molar-refractivity contribution in [2.45, 2.75) is 51.7 Å². The van der Waals surface area contributed by atoms with Crippen LogP contribution in [0.4, 0.5) is 0 Å². The second-order valence-corrected chi connectivity index (χ2v) is 5.12. The van der Waals surface area contributed by atoms with Gasteiger partial charge in [0.2, 0.25) is 0 Å². The van der Waals surface area contributed by atoms with Gasteiger partial charge in [0.05, 0.1) is 12.6 Å². The summed E-state index contributed by atoms with van der Waals surface area (Å²) >= 11 is 0. The highest BCUT2D eigenvalue weighted by atomic mass is 16.5. The van der Waals surface area contributed by atoms with Crippen LogP contribution in [-0.2, 0) is 9.53 Å². The van der Waals surface area contributed by atoms with Gasteiger partial charge in [-0.2, -0.15) is 0 Å². The van der Waals surface area contributed by atoms with Gasteiger partial charge in [-0.05, 0) is 51.4 Å². The molecule has 0 aromatic heterocycles. The van der Waals surface area contributed by atoms with Crippen molar-refractivity contribution in [3.63, 3.8) is 0 Å². The van der Waals surface area contributed by atoms with Crippen molar-refractivity contribution in [1.82, 2.24) is 5.32 Å². The van der Waals surface area contributed by atoms with Gasteiger partial charge in [0, 0.05) is 6.04 Å². The Balaban J connectivity index is 1.68. The van der Waals surface area contributed by atoms with Crippen LogP contribution in [0.25, 0.3) is 0 Å². The predicted octanol–water partition coefficient (Wildman–Crippen LogP) is 1.72. The molecular weight excluding hydrogens is 190 g/mol. The molecule has 0 radical (unpaired) electrons. The summed E-state index contributed by atoms with van der Waals surface area (Å²) in [6, 6.07) is 0.588. The lowest BCUT2D eigenvalue weighted by atomic mass is 10.1. The van der Waals surface area contributed by atoms with E-state index in [1.165, 1.54) is 25.7 Å². The zero-order valence-corrected chi connectivity index (χ0v) is 9.66. The van der Waals surface area contributed by atoms with Crippen molar-refractivity contribution < 1.29 is 9.53 Å². The summed E-state index contributed by atoms with van der Waals surface area (Å²) in [5, 5.41) is 3.37. The van der Waals surface area contributed by atoms with Crippen LogP contribution in [0.2, 0.25) is 0 Å². The summed E-state index contributed by atoms with van der Waals surface area (Å²) in [6.45, 7) is 4.16. The molecule has 2 saturated carbocycles. The Kier molecular flexibility index (Phi) is 3.29. The van der Waals surface area contributed by atoms with Crippen molar-refractivity contribution in [1.29, 1.82) is 0 Å². The molecule has 0 aromatic rings. The molecule has 2 fully saturated rings. The van der Waals surface area contributed by atoms with Gasteiger partial charge in [-0.15, -0.1) is 0 Å². The fourth-order valence-corrected chi connectivity index (χ4v) is 2.13. The van der Waals surface area contributed by atoms with Gasteiger partial charge >= 0.3 is 5.97 Å². The number of hydrogen-bond acceptors (Lipinski definition) is 3. The molecule has 0 unspecified atom stereocenters. The Morgan fingerprint density at radius 3 is 2.20 bits per heavy atom. The summed E-state index contributed by atoms with van der Waals surface area (Å²) in [6.07, 6.45) is 5.36. The number of carbonyl (C=O) groups excluding carboxylic acids is 1. The SMILES string of the molecule is CC(C)OC(=O)CNC(C1CC1)C1CC1. The topological polar surface area (TPSA) is 38.3 Å². The quantitative estimate of drug-likeness (QED) is 0.680. The van der Waals surface area contributed by atoms with Crippen LogP contribution in [0.1, 0.15) is 39.5 Å². The normalized spacial score (nSPS) is 21.1. The zero-order valence-electron chi connectivity index (χ0n) is 9.66. The van der Waals surface area contributed by atoms with Crippen LogP contribution in [-0.4, -0.2) is 24.7 Å². The first-order chi connectivity index (χ1) is 7.16.